The number of phosphoric acid groups is 2. The molecule has 0 spiro atoms. The third kappa shape index (κ3) is 78.3. The maximum Gasteiger partial charge on any atom is 0.472 e. The molecule has 0 radical (unpaired) electrons. The molecule has 0 amide bonds. The fourth-order valence-corrected chi connectivity index (χ4v) is 11.7. The maximum atomic E-state index is 13.1. The number of ether oxygens (including phenoxy) is 4. The van der Waals surface area contributed by atoms with Gasteiger partial charge >= 0.3 is 39.5 Å². The van der Waals surface area contributed by atoms with Gasteiger partial charge in [-0.1, -0.05) is 274 Å². The minimum Gasteiger partial charge on any atom is -0.462 e. The van der Waals surface area contributed by atoms with Gasteiger partial charge in [0.05, 0.1) is 26.4 Å². The van der Waals surface area contributed by atoms with E-state index < -0.39 is 97.5 Å². The number of phosphoric ester groups is 2. The molecule has 17 nitrogen and oxygen atoms in total. The lowest BCUT2D eigenvalue weighted by atomic mass is 10.1. The number of carbonyl (C=O) groups excluding carboxylic acids is 4. The lowest BCUT2D eigenvalue weighted by Crippen LogP contribution is -2.30. The highest BCUT2D eigenvalue weighted by atomic mass is 31.2. The van der Waals surface area contributed by atoms with Crippen LogP contribution in [0.2, 0.25) is 0 Å². The Kier molecular flexibility index (Phi) is 75.0. The molecule has 3 N–H and O–H groups in total. The van der Waals surface area contributed by atoms with Crippen molar-refractivity contribution in [3.63, 3.8) is 0 Å². The Bertz CT molecular complexity index is 2760. The number of rotatable bonds is 75. The van der Waals surface area contributed by atoms with E-state index in [1.165, 1.54) is 44.9 Å². The van der Waals surface area contributed by atoms with Crippen molar-refractivity contribution >= 4 is 39.5 Å². The summed E-state index contributed by atoms with van der Waals surface area (Å²) in [5.41, 5.74) is 0. The van der Waals surface area contributed by atoms with Crippen LogP contribution in [0.1, 0.15) is 297 Å². The first-order valence-corrected chi connectivity index (χ1v) is 44.0. The van der Waals surface area contributed by atoms with Gasteiger partial charge < -0.3 is 33.8 Å². The second-order valence-corrected chi connectivity index (χ2v) is 29.5. The van der Waals surface area contributed by atoms with Crippen molar-refractivity contribution in [2.24, 2.45) is 0 Å². The summed E-state index contributed by atoms with van der Waals surface area (Å²) < 4.78 is 68.6. The Hall–Kier alpha value is -5.84. The zero-order valence-corrected chi connectivity index (χ0v) is 68.7. The molecule has 612 valence electrons. The number of carbonyl (C=O) groups is 4. The quantitative estimate of drug-likeness (QED) is 0.0169. The highest BCUT2D eigenvalue weighted by Crippen LogP contribution is 2.45. The van der Waals surface area contributed by atoms with Crippen LogP contribution in [0.15, 0.2) is 182 Å². The molecule has 0 bridgehead atoms. The average molecular weight is 1550 g/mol. The molecule has 0 aliphatic heterocycles. The molecule has 5 atom stereocenters. The number of unbranched alkanes of at least 4 members (excludes halogenated alkanes) is 19. The van der Waals surface area contributed by atoms with E-state index in [9.17, 15) is 43.2 Å². The van der Waals surface area contributed by atoms with E-state index >= 15 is 0 Å². The molecule has 0 aliphatic rings. The van der Waals surface area contributed by atoms with Crippen LogP contribution in [-0.2, 0) is 65.4 Å². The standard InChI is InChI=1S/C89H144O17P2/c1-5-9-13-17-21-25-29-33-36-39-41-44-46-50-54-58-62-66-70-74-87(92)100-80-85(106-89(94)76-72-68-64-60-56-52-48-45-42-40-37-34-30-26-22-18-14-10-6-2)82-104-108(97,98)102-78-83(90)77-101-107(95,96)103-81-84(79-99-86(91)73-69-65-61-57-53-49-32-28-24-20-16-12-8-4)105-88(93)75-71-67-63-59-55-51-47-43-38-35-31-27-23-19-15-11-7-3/h9-10,13-14,21-23,25-28,32-38,41-42,44-45,47,50-52,54,56,59,63,83-85,90H,5-8,11-12,15-20,24,29-31,39-40,43,46,48-49,53,55,57-58,60-62,64-82H2,1-4H3,(H,95,96)(H,97,98)/b13-9-,14-10-,25-21-,26-22-,27-23-,32-28-,36-33-,37-34-,38-35-,44-41-,45-42-,51-47-,54-50-,56-52-,63-59-/t83-,84+,85+/m0/s1. The topological polar surface area (TPSA) is 237 Å². The van der Waals surface area contributed by atoms with Crippen molar-refractivity contribution in [2.45, 2.75) is 316 Å². The highest BCUT2D eigenvalue weighted by molar-refractivity contribution is 7.47. The predicted molar refractivity (Wildman–Crippen MR) is 445 cm³/mol. The molecular formula is C89H144O17P2. The molecule has 19 heteroatoms. The van der Waals surface area contributed by atoms with Crippen LogP contribution >= 0.6 is 15.6 Å². The van der Waals surface area contributed by atoms with Crippen molar-refractivity contribution in [3.05, 3.63) is 182 Å². The molecule has 0 aromatic carbocycles. The van der Waals surface area contributed by atoms with Crippen LogP contribution in [0.5, 0.6) is 0 Å². The Balaban J connectivity index is 5.52. The molecule has 0 saturated carbocycles. The highest BCUT2D eigenvalue weighted by Gasteiger charge is 2.30. The third-order valence-electron chi connectivity index (χ3n) is 16.3. The third-order valence-corrected chi connectivity index (χ3v) is 18.2. The molecule has 2 unspecified atom stereocenters. The normalized spacial score (nSPS) is 14.8. The number of aliphatic hydroxyl groups excluding tert-OH is 1. The molecule has 0 aliphatic carbocycles. The second-order valence-electron chi connectivity index (χ2n) is 26.6. The summed E-state index contributed by atoms with van der Waals surface area (Å²) in [5, 5.41) is 10.7. The van der Waals surface area contributed by atoms with E-state index in [0.29, 0.717) is 32.1 Å². The lowest BCUT2D eigenvalue weighted by Gasteiger charge is -2.21. The van der Waals surface area contributed by atoms with Crippen LogP contribution in [-0.4, -0.2) is 96.7 Å². The Morgan fingerprint density at radius 1 is 0.269 bits per heavy atom. The number of allylic oxidation sites excluding steroid dienone is 30. The first-order chi connectivity index (χ1) is 52.7. The van der Waals surface area contributed by atoms with Crippen LogP contribution in [0.3, 0.4) is 0 Å². The van der Waals surface area contributed by atoms with Gasteiger partial charge in [-0.2, -0.15) is 0 Å². The predicted octanol–water partition coefficient (Wildman–Crippen LogP) is 24.3. The summed E-state index contributed by atoms with van der Waals surface area (Å²) >= 11 is 0. The molecule has 0 rings (SSSR count). The van der Waals surface area contributed by atoms with Crippen LogP contribution < -0.4 is 0 Å². The van der Waals surface area contributed by atoms with E-state index in [1.807, 2.05) is 12.2 Å². The summed E-state index contributed by atoms with van der Waals surface area (Å²) in [4.78, 5) is 73.1. The molecule has 108 heavy (non-hydrogen) atoms. The lowest BCUT2D eigenvalue weighted by molar-refractivity contribution is -0.161. The monoisotopic (exact) mass is 1550 g/mol. The summed E-state index contributed by atoms with van der Waals surface area (Å²) in [6.07, 6.45) is 95.9. The van der Waals surface area contributed by atoms with Gasteiger partial charge in [-0.05, 0) is 180 Å². The van der Waals surface area contributed by atoms with Gasteiger partial charge in [-0.25, -0.2) is 9.13 Å². The van der Waals surface area contributed by atoms with Gasteiger partial charge in [-0.15, -0.1) is 0 Å². The van der Waals surface area contributed by atoms with Crippen LogP contribution in [0, 0.1) is 0 Å². The minimum absolute atomic E-state index is 0.0105. The van der Waals surface area contributed by atoms with Gasteiger partial charge in [0.1, 0.15) is 19.3 Å². The molecule has 0 aromatic heterocycles. The van der Waals surface area contributed by atoms with Crippen molar-refractivity contribution in [2.75, 3.05) is 39.6 Å². The van der Waals surface area contributed by atoms with Gasteiger partial charge in [0.25, 0.3) is 0 Å². The SMILES string of the molecule is CC/C=C\C/C=C\C/C=C\C/C=C\C/C=C\CCCCCC(=O)OC[C@H](COP(=O)(O)OC[C@@H](O)COP(=O)(O)OC[C@@H](COC(=O)CCCCCCC/C=C\CCCCCC)OC(=O)CCC/C=C\C/C=C\C/C=C\C/C=C\CCCCC)OC(=O)CCCCC/C=C\C/C=C\C/C=C\C/C=C\C/C=C\CC. The Morgan fingerprint density at radius 3 is 0.815 bits per heavy atom. The summed E-state index contributed by atoms with van der Waals surface area (Å²) in [5.74, 6) is -2.34. The van der Waals surface area contributed by atoms with Crippen molar-refractivity contribution < 1.29 is 80.2 Å². The minimum atomic E-state index is -5.01. The van der Waals surface area contributed by atoms with Gasteiger partial charge in [-0.3, -0.25) is 37.3 Å². The second kappa shape index (κ2) is 79.3. The zero-order chi connectivity index (χ0) is 78.9. The van der Waals surface area contributed by atoms with Crippen molar-refractivity contribution in [1.82, 2.24) is 0 Å². The maximum absolute atomic E-state index is 13.1. The fraction of sp³-hybridized carbons (Fsp3) is 0.618. The largest absolute Gasteiger partial charge is 0.472 e. The molecule has 0 saturated heterocycles. The summed E-state index contributed by atoms with van der Waals surface area (Å²) in [7, 11) is -10.0. The number of hydrogen-bond donors (Lipinski definition) is 3. The Labute approximate surface area is 654 Å². The Morgan fingerprint density at radius 2 is 0.491 bits per heavy atom. The van der Waals surface area contributed by atoms with Crippen LogP contribution in [0.25, 0.3) is 0 Å². The first-order valence-electron chi connectivity index (χ1n) is 41.0. The summed E-state index contributed by atoms with van der Waals surface area (Å²) in [6, 6.07) is 0. The smallest absolute Gasteiger partial charge is 0.462 e. The zero-order valence-electron chi connectivity index (χ0n) is 66.9. The van der Waals surface area contributed by atoms with Crippen LogP contribution in [0.4, 0.5) is 0 Å². The van der Waals surface area contributed by atoms with Gasteiger partial charge in [0.15, 0.2) is 12.2 Å². The van der Waals surface area contributed by atoms with Gasteiger partial charge in [0.2, 0.25) is 0 Å². The number of aliphatic hydroxyl groups is 1. The van der Waals surface area contributed by atoms with Crippen molar-refractivity contribution in [3.8, 4) is 0 Å². The van der Waals surface area contributed by atoms with Gasteiger partial charge in [0, 0.05) is 25.7 Å². The molecular weight excluding hydrogens is 1400 g/mol. The molecule has 0 aromatic rings. The van der Waals surface area contributed by atoms with E-state index in [-0.39, 0.29) is 25.7 Å². The molecule has 0 fully saturated rings. The average Bonchev–Trinajstić information content (AvgIpc) is 0.897. The van der Waals surface area contributed by atoms with Crippen molar-refractivity contribution in [1.29, 1.82) is 0 Å². The van der Waals surface area contributed by atoms with E-state index in [2.05, 4.69) is 198 Å². The first kappa shape index (κ1) is 102. The van der Waals surface area contributed by atoms with E-state index in [1.54, 1.807) is 0 Å². The number of esters is 4. The molecule has 0 heterocycles. The van der Waals surface area contributed by atoms with E-state index in [0.717, 1.165) is 167 Å². The number of hydrogen-bond acceptors (Lipinski definition) is 15. The summed E-state index contributed by atoms with van der Waals surface area (Å²) in [6.45, 7) is 4.44. The van der Waals surface area contributed by atoms with E-state index in [4.69, 9.17) is 37.0 Å². The fourth-order valence-electron chi connectivity index (χ4n) is 10.1.